The Balaban J connectivity index is 1.51. The van der Waals surface area contributed by atoms with Gasteiger partial charge in [0, 0.05) is 12.0 Å². The van der Waals surface area contributed by atoms with Crippen LogP contribution in [0.5, 0.6) is 5.75 Å². The average Bonchev–Trinajstić information content (AvgIpc) is 2.62. The van der Waals surface area contributed by atoms with Crippen LogP contribution in [-0.2, 0) is 14.9 Å². The number of carbonyl (C=O) groups excluding carboxylic acids is 2. The quantitative estimate of drug-likeness (QED) is 0.783. The molecule has 2 aromatic carbocycles. The minimum atomic E-state index is -0.628. The molecule has 0 saturated heterocycles. The molecule has 0 atom stereocenters. The lowest BCUT2D eigenvalue weighted by Crippen LogP contribution is -2.46. The first-order valence-corrected chi connectivity index (χ1v) is 8.79. The Morgan fingerprint density at radius 1 is 1.15 bits per heavy atom. The van der Waals surface area contributed by atoms with E-state index in [1.54, 1.807) is 19.1 Å². The van der Waals surface area contributed by atoms with Gasteiger partial charge in [0.05, 0.1) is 5.56 Å². The third kappa shape index (κ3) is 3.87. The van der Waals surface area contributed by atoms with E-state index >= 15 is 0 Å². The molecule has 1 saturated carbocycles. The molecule has 2 aromatic rings. The van der Waals surface area contributed by atoms with E-state index in [4.69, 9.17) is 4.74 Å². The van der Waals surface area contributed by atoms with E-state index < -0.39 is 5.97 Å². The van der Waals surface area contributed by atoms with Crippen LogP contribution in [0, 0.1) is 6.92 Å². The highest BCUT2D eigenvalue weighted by Crippen LogP contribution is 2.43. The normalized spacial score (nSPS) is 15.0. The molecule has 0 spiro atoms. The van der Waals surface area contributed by atoms with Gasteiger partial charge in [0.1, 0.15) is 5.75 Å². The summed E-state index contributed by atoms with van der Waals surface area (Å²) in [6, 6.07) is 14.7. The molecule has 0 aromatic heterocycles. The standard InChI is InChI=1S/C21H23NO4/c1-15-8-9-16(12-18(15)23)20(25)26-13-19(24)22-14-21(10-5-11-21)17-6-3-2-4-7-17/h2-4,6-9,12,23H,5,10-11,13-14H2,1H3,(H,22,24). The number of hydrogen-bond donors (Lipinski definition) is 2. The van der Waals surface area contributed by atoms with Crippen molar-refractivity contribution in [2.45, 2.75) is 31.6 Å². The van der Waals surface area contributed by atoms with Gasteiger partial charge in [-0.15, -0.1) is 0 Å². The van der Waals surface area contributed by atoms with E-state index in [-0.39, 0.29) is 29.2 Å². The van der Waals surface area contributed by atoms with Gasteiger partial charge in [-0.25, -0.2) is 4.79 Å². The van der Waals surface area contributed by atoms with E-state index in [1.807, 2.05) is 18.2 Å². The van der Waals surface area contributed by atoms with Gasteiger partial charge in [-0.3, -0.25) is 4.79 Å². The number of rotatable bonds is 6. The summed E-state index contributed by atoms with van der Waals surface area (Å²) in [6.07, 6.45) is 3.23. The van der Waals surface area contributed by atoms with E-state index in [9.17, 15) is 14.7 Å². The minimum Gasteiger partial charge on any atom is -0.508 e. The molecule has 5 heteroatoms. The van der Waals surface area contributed by atoms with Crippen molar-refractivity contribution in [2.75, 3.05) is 13.2 Å². The maximum Gasteiger partial charge on any atom is 0.338 e. The van der Waals surface area contributed by atoms with Crippen molar-refractivity contribution in [3.63, 3.8) is 0 Å². The highest BCUT2D eigenvalue weighted by molar-refractivity contribution is 5.91. The number of ether oxygens (including phenoxy) is 1. The molecule has 0 radical (unpaired) electrons. The van der Waals surface area contributed by atoms with Gasteiger partial charge in [0.15, 0.2) is 6.61 Å². The number of phenolic OH excluding ortho intramolecular Hbond substituents is 1. The number of esters is 1. The van der Waals surface area contributed by atoms with Crippen LogP contribution in [0.3, 0.4) is 0 Å². The lowest BCUT2D eigenvalue weighted by Gasteiger charge is -2.42. The first kappa shape index (κ1) is 18.0. The Morgan fingerprint density at radius 3 is 2.50 bits per heavy atom. The molecular weight excluding hydrogens is 330 g/mol. The molecule has 26 heavy (non-hydrogen) atoms. The third-order valence-corrected chi connectivity index (χ3v) is 5.10. The summed E-state index contributed by atoms with van der Waals surface area (Å²) < 4.78 is 5.05. The van der Waals surface area contributed by atoms with Crippen LogP contribution in [-0.4, -0.2) is 30.1 Å². The molecule has 3 rings (SSSR count). The van der Waals surface area contributed by atoms with Crippen molar-refractivity contribution in [1.29, 1.82) is 0 Å². The summed E-state index contributed by atoms with van der Waals surface area (Å²) in [5.41, 5.74) is 2.12. The van der Waals surface area contributed by atoms with Crippen LogP contribution in [0.1, 0.15) is 40.7 Å². The molecule has 0 aliphatic heterocycles. The van der Waals surface area contributed by atoms with E-state index in [0.29, 0.717) is 12.1 Å². The maximum absolute atomic E-state index is 12.1. The Kier molecular flexibility index (Phi) is 5.26. The fraction of sp³-hybridized carbons (Fsp3) is 0.333. The second kappa shape index (κ2) is 7.60. The smallest absolute Gasteiger partial charge is 0.338 e. The molecule has 0 heterocycles. The largest absolute Gasteiger partial charge is 0.508 e. The number of nitrogens with one attached hydrogen (secondary N) is 1. The van der Waals surface area contributed by atoms with E-state index in [0.717, 1.165) is 19.3 Å². The van der Waals surface area contributed by atoms with Gasteiger partial charge in [-0.1, -0.05) is 42.8 Å². The van der Waals surface area contributed by atoms with Crippen LogP contribution in [0.25, 0.3) is 0 Å². The van der Waals surface area contributed by atoms with Crippen molar-refractivity contribution in [3.05, 3.63) is 65.2 Å². The number of aryl methyl sites for hydroxylation is 1. The molecule has 0 unspecified atom stereocenters. The van der Waals surface area contributed by atoms with Gasteiger partial charge in [-0.2, -0.15) is 0 Å². The van der Waals surface area contributed by atoms with Crippen LogP contribution in [0.4, 0.5) is 0 Å². The lowest BCUT2D eigenvalue weighted by molar-refractivity contribution is -0.124. The molecule has 136 valence electrons. The monoisotopic (exact) mass is 353 g/mol. The number of hydrogen-bond acceptors (Lipinski definition) is 4. The Hall–Kier alpha value is -2.82. The molecule has 1 amide bonds. The zero-order valence-electron chi connectivity index (χ0n) is 14.8. The van der Waals surface area contributed by atoms with Crippen molar-refractivity contribution >= 4 is 11.9 Å². The van der Waals surface area contributed by atoms with Gasteiger partial charge in [0.25, 0.3) is 5.91 Å². The molecule has 2 N–H and O–H groups in total. The van der Waals surface area contributed by atoms with Crippen LogP contribution in [0.15, 0.2) is 48.5 Å². The first-order valence-electron chi connectivity index (χ1n) is 8.79. The van der Waals surface area contributed by atoms with Crippen molar-refractivity contribution in [1.82, 2.24) is 5.32 Å². The third-order valence-electron chi connectivity index (χ3n) is 5.10. The molecule has 0 bridgehead atoms. The Bertz CT molecular complexity index is 797. The predicted octanol–water partition coefficient (Wildman–Crippen LogP) is 3.10. The van der Waals surface area contributed by atoms with Gasteiger partial charge in [-0.05, 0) is 43.0 Å². The highest BCUT2D eigenvalue weighted by Gasteiger charge is 2.38. The minimum absolute atomic E-state index is 0.0102. The summed E-state index contributed by atoms with van der Waals surface area (Å²) in [4.78, 5) is 24.1. The number of phenols is 1. The zero-order valence-corrected chi connectivity index (χ0v) is 14.8. The molecule has 1 aliphatic carbocycles. The van der Waals surface area contributed by atoms with Gasteiger partial charge >= 0.3 is 5.97 Å². The second-order valence-corrected chi connectivity index (χ2v) is 6.85. The maximum atomic E-state index is 12.1. The van der Waals surface area contributed by atoms with Crippen molar-refractivity contribution in [2.24, 2.45) is 0 Å². The number of aromatic hydroxyl groups is 1. The molecule has 5 nitrogen and oxygen atoms in total. The van der Waals surface area contributed by atoms with Crippen LogP contribution >= 0.6 is 0 Å². The Labute approximate surface area is 153 Å². The predicted molar refractivity (Wildman–Crippen MR) is 98.1 cm³/mol. The fourth-order valence-electron chi connectivity index (χ4n) is 3.23. The van der Waals surface area contributed by atoms with Crippen molar-refractivity contribution < 1.29 is 19.4 Å². The number of carbonyl (C=O) groups is 2. The molecular formula is C21H23NO4. The second-order valence-electron chi connectivity index (χ2n) is 6.85. The summed E-state index contributed by atoms with van der Waals surface area (Å²) in [7, 11) is 0. The SMILES string of the molecule is Cc1ccc(C(=O)OCC(=O)NCC2(c3ccccc3)CCC2)cc1O. The summed E-state index contributed by atoms with van der Waals surface area (Å²) in [5, 5.41) is 12.5. The summed E-state index contributed by atoms with van der Waals surface area (Å²) >= 11 is 0. The Morgan fingerprint density at radius 2 is 1.88 bits per heavy atom. The van der Waals surface area contributed by atoms with Crippen LogP contribution < -0.4 is 5.32 Å². The van der Waals surface area contributed by atoms with Crippen LogP contribution in [0.2, 0.25) is 0 Å². The zero-order chi connectivity index (χ0) is 18.6. The highest BCUT2D eigenvalue weighted by atomic mass is 16.5. The van der Waals surface area contributed by atoms with Gasteiger partial charge in [0.2, 0.25) is 0 Å². The topological polar surface area (TPSA) is 75.6 Å². The summed E-state index contributed by atoms with van der Waals surface area (Å²) in [5.74, 6) is -0.924. The fourth-order valence-corrected chi connectivity index (χ4v) is 3.23. The summed E-state index contributed by atoms with van der Waals surface area (Å²) in [6.45, 7) is 1.94. The number of amides is 1. The van der Waals surface area contributed by atoms with Crippen molar-refractivity contribution in [3.8, 4) is 5.75 Å². The molecule has 1 aliphatic rings. The average molecular weight is 353 g/mol. The van der Waals surface area contributed by atoms with E-state index in [1.165, 1.54) is 11.6 Å². The molecule has 1 fully saturated rings. The number of benzene rings is 2. The first-order chi connectivity index (χ1) is 12.5. The van der Waals surface area contributed by atoms with Gasteiger partial charge < -0.3 is 15.2 Å². The lowest BCUT2D eigenvalue weighted by atomic mass is 9.64. The van der Waals surface area contributed by atoms with E-state index in [2.05, 4.69) is 17.4 Å².